The van der Waals surface area contributed by atoms with Gasteiger partial charge in [0.2, 0.25) is 0 Å². The third-order valence-electron chi connectivity index (χ3n) is 3.92. The number of aromatic nitrogens is 2. The van der Waals surface area contributed by atoms with Gasteiger partial charge in [0.05, 0.1) is 5.69 Å². The molecule has 0 unspecified atom stereocenters. The zero-order valence-corrected chi connectivity index (χ0v) is 15.3. The lowest BCUT2D eigenvalue weighted by molar-refractivity contribution is 0.101. The Morgan fingerprint density at radius 2 is 1.81 bits per heavy atom. The van der Waals surface area contributed by atoms with E-state index in [2.05, 4.69) is 10.4 Å². The zero-order valence-electron chi connectivity index (χ0n) is 15.3. The van der Waals surface area contributed by atoms with Gasteiger partial charge in [-0.25, -0.2) is 4.68 Å². The Labute approximate surface area is 157 Å². The molecule has 0 spiro atoms. The Kier molecular flexibility index (Phi) is 5.66. The van der Waals surface area contributed by atoms with E-state index in [-0.39, 0.29) is 11.3 Å². The number of nitrogens with one attached hydrogen (secondary N) is 1. The van der Waals surface area contributed by atoms with Crippen LogP contribution in [0.25, 0.3) is 0 Å². The molecule has 0 radical (unpaired) electrons. The average molecular weight is 363 g/mol. The van der Waals surface area contributed by atoms with Gasteiger partial charge in [-0.3, -0.25) is 9.59 Å². The van der Waals surface area contributed by atoms with Crippen molar-refractivity contribution in [2.75, 3.05) is 5.32 Å². The van der Waals surface area contributed by atoms with Crippen LogP contribution >= 0.6 is 0 Å². The van der Waals surface area contributed by atoms with Crippen LogP contribution in [0.1, 0.15) is 29.4 Å². The van der Waals surface area contributed by atoms with Crippen molar-refractivity contribution in [3.63, 3.8) is 0 Å². The van der Waals surface area contributed by atoms with Gasteiger partial charge in [0, 0.05) is 12.6 Å². The molecular weight excluding hydrogens is 342 g/mol. The summed E-state index contributed by atoms with van der Waals surface area (Å²) in [5.41, 5.74) is 1.61. The van der Waals surface area contributed by atoms with Crippen molar-refractivity contribution >= 4 is 11.6 Å². The summed E-state index contributed by atoms with van der Waals surface area (Å²) < 4.78 is 7.19. The van der Waals surface area contributed by atoms with E-state index in [1.165, 1.54) is 16.8 Å². The molecule has 0 aliphatic heterocycles. The molecule has 1 amide bonds. The zero-order chi connectivity index (χ0) is 19.2. The highest BCUT2D eigenvalue weighted by Gasteiger charge is 2.13. The van der Waals surface area contributed by atoms with E-state index in [1.807, 2.05) is 50.2 Å². The minimum atomic E-state index is -0.403. The van der Waals surface area contributed by atoms with Gasteiger partial charge in [-0.15, -0.1) is 0 Å². The van der Waals surface area contributed by atoms with Crippen LogP contribution in [0.5, 0.6) is 11.5 Å². The minimum absolute atomic E-state index is 0.174. The molecule has 1 N–H and O–H groups in total. The van der Waals surface area contributed by atoms with Crippen molar-refractivity contribution in [1.82, 2.24) is 9.78 Å². The molecule has 3 aromatic rings. The average Bonchev–Trinajstić information content (AvgIpc) is 2.67. The van der Waals surface area contributed by atoms with Crippen molar-refractivity contribution in [2.45, 2.75) is 26.8 Å². The van der Waals surface area contributed by atoms with E-state index in [0.717, 1.165) is 12.0 Å². The lowest BCUT2D eigenvalue weighted by Crippen LogP contribution is -2.26. The molecular formula is C21H21N3O3. The molecule has 1 heterocycles. The summed E-state index contributed by atoms with van der Waals surface area (Å²) in [6, 6.07) is 17.6. The molecule has 0 saturated heterocycles. The van der Waals surface area contributed by atoms with E-state index in [1.54, 1.807) is 12.1 Å². The van der Waals surface area contributed by atoms with Gasteiger partial charge < -0.3 is 10.1 Å². The first-order chi connectivity index (χ1) is 13.1. The predicted molar refractivity (Wildman–Crippen MR) is 104 cm³/mol. The fourth-order valence-electron chi connectivity index (χ4n) is 2.52. The molecule has 0 fully saturated rings. The van der Waals surface area contributed by atoms with Crippen molar-refractivity contribution in [2.24, 2.45) is 0 Å². The second kappa shape index (κ2) is 8.31. The fourth-order valence-corrected chi connectivity index (χ4v) is 2.52. The Hall–Kier alpha value is -3.41. The number of benzene rings is 2. The molecule has 0 bridgehead atoms. The van der Waals surface area contributed by atoms with Crippen LogP contribution in [-0.2, 0) is 6.54 Å². The summed E-state index contributed by atoms with van der Waals surface area (Å²) >= 11 is 0. The minimum Gasteiger partial charge on any atom is -0.455 e. The highest BCUT2D eigenvalue weighted by molar-refractivity contribution is 6.03. The Balaban J connectivity index is 1.81. The number of rotatable bonds is 6. The van der Waals surface area contributed by atoms with Gasteiger partial charge in [0.15, 0.2) is 5.75 Å². The molecule has 27 heavy (non-hydrogen) atoms. The third-order valence-corrected chi connectivity index (χ3v) is 3.92. The maximum atomic E-state index is 12.6. The molecule has 138 valence electrons. The van der Waals surface area contributed by atoms with Gasteiger partial charge >= 0.3 is 0 Å². The second-order valence-corrected chi connectivity index (χ2v) is 6.15. The van der Waals surface area contributed by atoms with Crippen LogP contribution in [0.3, 0.4) is 0 Å². The maximum Gasteiger partial charge on any atom is 0.276 e. The van der Waals surface area contributed by atoms with Crippen LogP contribution in [0.2, 0.25) is 0 Å². The number of carbonyl (C=O) groups is 1. The summed E-state index contributed by atoms with van der Waals surface area (Å²) in [4.78, 5) is 24.4. The van der Waals surface area contributed by atoms with E-state index in [0.29, 0.717) is 23.7 Å². The van der Waals surface area contributed by atoms with E-state index in [9.17, 15) is 9.59 Å². The molecule has 1 aromatic heterocycles. The van der Waals surface area contributed by atoms with Crippen molar-refractivity contribution in [3.05, 3.63) is 82.3 Å². The van der Waals surface area contributed by atoms with Crippen LogP contribution < -0.4 is 15.6 Å². The molecule has 6 nitrogen and oxygen atoms in total. The molecule has 0 saturated carbocycles. The lowest BCUT2D eigenvalue weighted by atomic mass is 10.2. The summed E-state index contributed by atoms with van der Waals surface area (Å²) in [5, 5.41) is 6.94. The predicted octanol–water partition coefficient (Wildman–Crippen LogP) is 4.01. The first kappa shape index (κ1) is 18.4. The Bertz CT molecular complexity index is 994. The molecule has 0 aliphatic rings. The molecule has 6 heteroatoms. The summed E-state index contributed by atoms with van der Waals surface area (Å²) in [5.74, 6) is 0.799. The number of amides is 1. The molecule has 0 aliphatic carbocycles. The van der Waals surface area contributed by atoms with Crippen molar-refractivity contribution in [1.29, 1.82) is 0 Å². The number of anilines is 1. The quantitative estimate of drug-likeness (QED) is 0.718. The Morgan fingerprint density at radius 1 is 1.07 bits per heavy atom. The van der Waals surface area contributed by atoms with E-state index in [4.69, 9.17) is 4.74 Å². The summed E-state index contributed by atoms with van der Waals surface area (Å²) in [6.07, 6.45) is 0.755. The van der Waals surface area contributed by atoms with Gasteiger partial charge in [-0.1, -0.05) is 36.8 Å². The SMILES string of the molecule is CCCn1nc(C(=O)Nc2ccccc2Oc2ccc(C)cc2)ccc1=O. The number of para-hydroxylation sites is 2. The standard InChI is InChI=1S/C21H21N3O3/c1-3-14-24-20(25)13-12-18(23-24)21(26)22-17-6-4-5-7-19(17)27-16-10-8-15(2)9-11-16/h4-13H,3,14H2,1-2H3,(H,22,26). The van der Waals surface area contributed by atoms with Gasteiger partial charge in [-0.2, -0.15) is 5.10 Å². The number of hydrogen-bond acceptors (Lipinski definition) is 4. The second-order valence-electron chi connectivity index (χ2n) is 6.15. The van der Waals surface area contributed by atoms with Crippen molar-refractivity contribution in [3.8, 4) is 11.5 Å². The number of hydrogen-bond donors (Lipinski definition) is 1. The van der Waals surface area contributed by atoms with Crippen LogP contribution in [0, 0.1) is 6.92 Å². The topological polar surface area (TPSA) is 73.2 Å². The van der Waals surface area contributed by atoms with Crippen LogP contribution in [0.15, 0.2) is 65.5 Å². The maximum absolute atomic E-state index is 12.6. The number of nitrogens with zero attached hydrogens (tertiary/aromatic N) is 2. The lowest BCUT2D eigenvalue weighted by Gasteiger charge is -2.12. The highest BCUT2D eigenvalue weighted by atomic mass is 16.5. The van der Waals surface area contributed by atoms with Crippen LogP contribution in [0.4, 0.5) is 5.69 Å². The van der Waals surface area contributed by atoms with Gasteiger partial charge in [-0.05, 0) is 43.7 Å². The number of aryl methyl sites for hydroxylation is 2. The molecule has 2 aromatic carbocycles. The highest BCUT2D eigenvalue weighted by Crippen LogP contribution is 2.29. The van der Waals surface area contributed by atoms with E-state index < -0.39 is 5.91 Å². The van der Waals surface area contributed by atoms with Gasteiger partial charge in [0.25, 0.3) is 11.5 Å². The van der Waals surface area contributed by atoms with Crippen LogP contribution in [-0.4, -0.2) is 15.7 Å². The largest absolute Gasteiger partial charge is 0.455 e. The van der Waals surface area contributed by atoms with Gasteiger partial charge in [0.1, 0.15) is 11.4 Å². The number of carbonyl (C=O) groups excluding carboxylic acids is 1. The third kappa shape index (κ3) is 4.61. The van der Waals surface area contributed by atoms with Crippen molar-refractivity contribution < 1.29 is 9.53 Å². The number of ether oxygens (including phenoxy) is 1. The first-order valence-electron chi connectivity index (χ1n) is 8.80. The fraction of sp³-hybridized carbons (Fsp3) is 0.190. The normalized spacial score (nSPS) is 10.4. The Morgan fingerprint density at radius 3 is 2.56 bits per heavy atom. The molecule has 0 atom stereocenters. The summed E-state index contributed by atoms with van der Waals surface area (Å²) in [6.45, 7) is 4.41. The smallest absolute Gasteiger partial charge is 0.276 e. The monoisotopic (exact) mass is 363 g/mol. The summed E-state index contributed by atoms with van der Waals surface area (Å²) in [7, 11) is 0. The van der Waals surface area contributed by atoms with E-state index >= 15 is 0 Å². The first-order valence-corrected chi connectivity index (χ1v) is 8.80. The molecule has 3 rings (SSSR count).